The lowest BCUT2D eigenvalue weighted by Gasteiger charge is -2.07. The van der Waals surface area contributed by atoms with Crippen molar-refractivity contribution < 1.29 is 44.3 Å². The third-order valence-corrected chi connectivity index (χ3v) is 4.05. The van der Waals surface area contributed by atoms with Gasteiger partial charge in [-0.05, 0) is 31.2 Å². The molecule has 0 saturated carbocycles. The van der Waals surface area contributed by atoms with Crippen molar-refractivity contribution in [2.45, 2.75) is 26.3 Å². The highest BCUT2D eigenvalue weighted by Crippen LogP contribution is 2.29. The lowest BCUT2D eigenvalue weighted by Crippen LogP contribution is -3.00. The van der Waals surface area contributed by atoms with Crippen molar-refractivity contribution in [1.82, 2.24) is 4.98 Å². The molecule has 2 heterocycles. The van der Waals surface area contributed by atoms with E-state index in [4.69, 9.17) is 4.74 Å². The van der Waals surface area contributed by atoms with Crippen molar-refractivity contribution in [3.05, 3.63) is 89.5 Å². The van der Waals surface area contributed by atoms with E-state index in [-0.39, 0.29) is 34.9 Å². The van der Waals surface area contributed by atoms with Crippen LogP contribution in [-0.4, -0.2) is 10.8 Å². The third-order valence-electron chi connectivity index (χ3n) is 4.05. The first kappa shape index (κ1) is 22.5. The molecule has 3 rings (SSSR count). The summed E-state index contributed by atoms with van der Waals surface area (Å²) in [5, 5.41) is 0. The minimum Gasteiger partial charge on any atom is -1.00 e. The van der Waals surface area contributed by atoms with Gasteiger partial charge in [-0.3, -0.25) is 9.78 Å². The zero-order valence-corrected chi connectivity index (χ0v) is 17.1. The molecule has 4 nitrogen and oxygen atoms in total. The van der Waals surface area contributed by atoms with Crippen LogP contribution in [0.5, 0.6) is 5.75 Å². The van der Waals surface area contributed by atoms with Crippen molar-refractivity contribution >= 4 is 5.78 Å². The van der Waals surface area contributed by atoms with Gasteiger partial charge >= 0.3 is 6.18 Å². The third kappa shape index (κ3) is 6.39. The Kier molecular flexibility index (Phi) is 7.50. The predicted molar refractivity (Wildman–Crippen MR) is 95.7 cm³/mol. The molecule has 0 atom stereocenters. The monoisotopic (exact) mass is 466 g/mol. The summed E-state index contributed by atoms with van der Waals surface area (Å²) >= 11 is 0. The summed E-state index contributed by atoms with van der Waals surface area (Å²) in [7, 11) is 0. The number of ketones is 1. The van der Waals surface area contributed by atoms with Crippen molar-refractivity contribution in [3.8, 4) is 5.75 Å². The maximum absolute atomic E-state index is 12.6. The normalized spacial score (nSPS) is 10.9. The number of nitrogens with zero attached hydrogens (tertiary/aromatic N) is 2. The Bertz CT molecular complexity index is 959. The minimum atomic E-state index is -4.42. The van der Waals surface area contributed by atoms with Crippen molar-refractivity contribution in [3.63, 3.8) is 0 Å². The summed E-state index contributed by atoms with van der Waals surface area (Å²) in [6, 6.07) is 13.3. The molecule has 0 bridgehead atoms. The fourth-order valence-electron chi connectivity index (χ4n) is 2.58. The van der Waals surface area contributed by atoms with E-state index >= 15 is 0 Å². The van der Waals surface area contributed by atoms with Crippen LogP contribution in [0.15, 0.2) is 67.0 Å². The van der Waals surface area contributed by atoms with Gasteiger partial charge in [0.25, 0.3) is 0 Å². The molecule has 0 aliphatic rings. The highest BCUT2D eigenvalue weighted by molar-refractivity contribution is 5.95. The fraction of sp³-hybridized carbons (Fsp3) is 0.190. The molecule has 0 saturated heterocycles. The predicted octanol–water partition coefficient (Wildman–Crippen LogP) is 1.16. The number of halogens is 4. The molecule has 152 valence electrons. The van der Waals surface area contributed by atoms with Gasteiger partial charge in [0.2, 0.25) is 12.3 Å². The number of aryl methyl sites for hydroxylation is 1. The average molecular weight is 467 g/mol. The van der Waals surface area contributed by atoms with E-state index in [1.165, 1.54) is 12.1 Å². The molecule has 0 aliphatic heterocycles. The zero-order valence-electron chi connectivity index (χ0n) is 15.5. The summed E-state index contributed by atoms with van der Waals surface area (Å²) < 4.78 is 45.1. The van der Waals surface area contributed by atoms with Crippen LogP contribution in [-0.2, 0) is 19.3 Å². The van der Waals surface area contributed by atoms with E-state index in [0.29, 0.717) is 12.4 Å². The van der Waals surface area contributed by atoms with Crippen LogP contribution >= 0.6 is 0 Å². The van der Waals surface area contributed by atoms with Gasteiger partial charge in [0.1, 0.15) is 12.4 Å². The SMILES string of the molecule is Cc1cccc(COc2cc[n+](CC(=O)c3ccc(C(F)(F)F)cc3)cc2)n1.[Br-]. The summed E-state index contributed by atoms with van der Waals surface area (Å²) in [5.41, 5.74) is 1.18. The van der Waals surface area contributed by atoms with Crippen LogP contribution in [0, 0.1) is 6.92 Å². The summed E-state index contributed by atoms with van der Waals surface area (Å²) in [5.74, 6) is 0.345. The van der Waals surface area contributed by atoms with Crippen molar-refractivity contribution in [2.75, 3.05) is 0 Å². The van der Waals surface area contributed by atoms with Crippen molar-refractivity contribution in [2.24, 2.45) is 0 Å². The molecule has 2 aromatic heterocycles. The molecule has 0 aliphatic carbocycles. The van der Waals surface area contributed by atoms with Gasteiger partial charge in [0, 0.05) is 23.4 Å². The Hall–Kier alpha value is -2.74. The largest absolute Gasteiger partial charge is 1.00 e. The molecule has 0 radical (unpaired) electrons. The summed E-state index contributed by atoms with van der Waals surface area (Å²) in [6.07, 6.45) is -1.05. The number of hydrogen-bond donors (Lipinski definition) is 0. The van der Waals surface area contributed by atoms with Crippen LogP contribution < -0.4 is 26.3 Å². The molecular weight excluding hydrogens is 449 g/mol. The van der Waals surface area contributed by atoms with Gasteiger partial charge in [-0.25, -0.2) is 0 Å². The standard InChI is InChI=1S/C21H18F3N2O2.BrH/c1-15-3-2-4-18(25-15)14-28-19-9-11-26(12-10-19)13-20(27)16-5-7-17(8-6-16)21(22,23)24;/h2-12H,13-14H2,1H3;1H/q+1;/p-1. The molecule has 29 heavy (non-hydrogen) atoms. The quantitative estimate of drug-likeness (QED) is 0.404. The topological polar surface area (TPSA) is 43.1 Å². The Morgan fingerprint density at radius 1 is 1.03 bits per heavy atom. The van der Waals surface area contributed by atoms with Crippen LogP contribution in [0.1, 0.15) is 27.3 Å². The zero-order chi connectivity index (χ0) is 20.1. The number of rotatable bonds is 6. The van der Waals surface area contributed by atoms with Crippen LogP contribution in [0.25, 0.3) is 0 Å². The molecule has 0 amide bonds. The molecule has 0 spiro atoms. The lowest BCUT2D eigenvalue weighted by atomic mass is 10.1. The molecule has 8 heteroatoms. The van der Waals surface area contributed by atoms with E-state index in [1.54, 1.807) is 29.1 Å². The first-order chi connectivity index (χ1) is 13.3. The molecule has 3 aromatic rings. The van der Waals surface area contributed by atoms with Crippen LogP contribution in [0.3, 0.4) is 0 Å². The number of aromatic nitrogens is 2. The Morgan fingerprint density at radius 2 is 1.69 bits per heavy atom. The van der Waals surface area contributed by atoms with E-state index in [9.17, 15) is 18.0 Å². The van der Waals surface area contributed by atoms with Gasteiger partial charge in [0.05, 0.1) is 11.3 Å². The van der Waals surface area contributed by atoms with Crippen LogP contribution in [0.2, 0.25) is 0 Å². The lowest BCUT2D eigenvalue weighted by molar-refractivity contribution is -0.683. The molecule has 1 aromatic carbocycles. The van der Waals surface area contributed by atoms with Gasteiger partial charge in [0.15, 0.2) is 12.4 Å². The Labute approximate surface area is 176 Å². The highest BCUT2D eigenvalue weighted by Gasteiger charge is 2.30. The second kappa shape index (κ2) is 9.65. The number of ether oxygens (including phenoxy) is 1. The second-order valence-corrected chi connectivity index (χ2v) is 6.26. The number of alkyl halides is 3. The van der Waals surface area contributed by atoms with Gasteiger partial charge in [-0.1, -0.05) is 18.2 Å². The number of pyridine rings is 2. The van der Waals surface area contributed by atoms with Gasteiger partial charge < -0.3 is 21.7 Å². The Balaban J connectivity index is 0.00000300. The molecule has 0 N–H and O–H groups in total. The maximum atomic E-state index is 12.6. The van der Waals surface area contributed by atoms with E-state index < -0.39 is 11.7 Å². The summed E-state index contributed by atoms with van der Waals surface area (Å²) in [4.78, 5) is 16.6. The molecule has 0 fully saturated rings. The molecule has 0 unspecified atom stereocenters. The number of carbonyl (C=O) groups excluding carboxylic acids is 1. The highest BCUT2D eigenvalue weighted by atomic mass is 79.9. The first-order valence-corrected chi connectivity index (χ1v) is 8.56. The smallest absolute Gasteiger partial charge is 0.416 e. The van der Waals surface area contributed by atoms with E-state index in [0.717, 1.165) is 23.5 Å². The number of benzene rings is 1. The minimum absolute atomic E-state index is 0. The first-order valence-electron chi connectivity index (χ1n) is 8.56. The maximum Gasteiger partial charge on any atom is 0.416 e. The van der Waals surface area contributed by atoms with Gasteiger partial charge in [-0.15, -0.1) is 0 Å². The fourth-order valence-corrected chi connectivity index (χ4v) is 2.58. The number of hydrogen-bond acceptors (Lipinski definition) is 3. The van der Waals surface area contributed by atoms with E-state index in [1.807, 2.05) is 25.1 Å². The number of Topliss-reactive ketones (excluding diaryl/α,β-unsaturated/α-hetero) is 1. The Morgan fingerprint density at radius 3 is 2.28 bits per heavy atom. The molecular formula is C21H18BrF3N2O2. The number of carbonyl (C=O) groups is 1. The van der Waals surface area contributed by atoms with Crippen molar-refractivity contribution in [1.29, 1.82) is 0 Å². The van der Waals surface area contributed by atoms with E-state index in [2.05, 4.69) is 4.98 Å². The summed E-state index contributed by atoms with van der Waals surface area (Å²) in [6.45, 7) is 2.25. The second-order valence-electron chi connectivity index (χ2n) is 6.26. The van der Waals surface area contributed by atoms with Crippen LogP contribution in [0.4, 0.5) is 13.2 Å². The average Bonchev–Trinajstić information content (AvgIpc) is 2.67. The van der Waals surface area contributed by atoms with Gasteiger partial charge in [-0.2, -0.15) is 17.7 Å².